The standard InChI is InChI=1S/C29H44O5/c1-18(2)8-7-9-19(3)23-10-11-24(27(23,5)14-15-30)22-16-25-29(34-25)17-21(33-20(4)31)12-13-28(29,6)26(22)32/h15-16,18-19,21,23-25H,7-14,17H2,1-6H3/t19-,21+,23-,24?,25+,27-,28-,29+/m1/s1. The minimum Gasteiger partial charge on any atom is -0.462 e. The van der Waals surface area contributed by atoms with Crippen molar-refractivity contribution in [2.24, 2.45) is 34.5 Å². The van der Waals surface area contributed by atoms with E-state index < -0.39 is 11.0 Å². The maximum atomic E-state index is 14.1. The number of allylic oxidation sites excluding steroid dienone is 1. The van der Waals surface area contributed by atoms with Gasteiger partial charge in [-0.25, -0.2) is 0 Å². The summed E-state index contributed by atoms with van der Waals surface area (Å²) in [6.45, 7) is 12.6. The third kappa shape index (κ3) is 4.10. The second kappa shape index (κ2) is 9.19. The van der Waals surface area contributed by atoms with Crippen LogP contribution >= 0.6 is 0 Å². The highest BCUT2D eigenvalue weighted by atomic mass is 16.6. The van der Waals surface area contributed by atoms with Crippen molar-refractivity contribution in [3.8, 4) is 0 Å². The summed E-state index contributed by atoms with van der Waals surface area (Å²) in [5.41, 5.74) is -0.398. The zero-order valence-electron chi connectivity index (χ0n) is 22.0. The van der Waals surface area contributed by atoms with Crippen molar-refractivity contribution in [1.82, 2.24) is 0 Å². The van der Waals surface area contributed by atoms with Gasteiger partial charge in [0.1, 0.15) is 24.1 Å². The van der Waals surface area contributed by atoms with Crippen LogP contribution in [-0.4, -0.2) is 35.8 Å². The molecule has 1 unspecified atom stereocenters. The van der Waals surface area contributed by atoms with Gasteiger partial charge in [-0.3, -0.25) is 9.59 Å². The molecule has 0 aromatic heterocycles. The first-order chi connectivity index (χ1) is 16.0. The normalized spacial score (nSPS) is 42.0. The van der Waals surface area contributed by atoms with Crippen LogP contribution in [-0.2, 0) is 23.9 Å². The Morgan fingerprint density at radius 3 is 2.59 bits per heavy atom. The van der Waals surface area contributed by atoms with Crippen LogP contribution in [0.25, 0.3) is 0 Å². The van der Waals surface area contributed by atoms with Crippen molar-refractivity contribution in [1.29, 1.82) is 0 Å². The van der Waals surface area contributed by atoms with E-state index in [1.165, 1.54) is 26.2 Å². The molecule has 5 heteroatoms. The fraction of sp³-hybridized carbons (Fsp3) is 0.828. The highest BCUT2D eigenvalue weighted by molar-refractivity contribution is 6.03. The molecule has 5 nitrogen and oxygen atoms in total. The second-order valence-electron chi connectivity index (χ2n) is 12.6. The number of epoxide rings is 1. The van der Waals surface area contributed by atoms with Crippen LogP contribution < -0.4 is 0 Å². The summed E-state index contributed by atoms with van der Waals surface area (Å²) in [7, 11) is 0. The number of hydrogen-bond donors (Lipinski definition) is 0. The number of carbonyl (C=O) groups is 3. The first kappa shape index (κ1) is 25.6. The highest BCUT2D eigenvalue weighted by Crippen LogP contribution is 2.66. The Bertz CT molecular complexity index is 861. The Hall–Kier alpha value is -1.49. The average molecular weight is 473 g/mol. The Balaban J connectivity index is 1.56. The molecule has 0 radical (unpaired) electrons. The first-order valence-corrected chi connectivity index (χ1v) is 13.5. The summed E-state index contributed by atoms with van der Waals surface area (Å²) < 4.78 is 11.8. The Morgan fingerprint density at radius 1 is 1.21 bits per heavy atom. The predicted octanol–water partition coefficient (Wildman–Crippen LogP) is 5.84. The average Bonchev–Trinajstić information content (AvgIpc) is 3.34. The van der Waals surface area contributed by atoms with Crippen LogP contribution in [0, 0.1) is 34.5 Å². The lowest BCUT2D eigenvalue weighted by Gasteiger charge is -2.46. The molecule has 3 aliphatic carbocycles. The molecule has 1 aliphatic heterocycles. The van der Waals surface area contributed by atoms with E-state index in [-0.39, 0.29) is 35.3 Å². The van der Waals surface area contributed by atoms with Gasteiger partial charge in [0.15, 0.2) is 5.78 Å². The molecule has 1 saturated heterocycles. The number of rotatable bonds is 9. The van der Waals surface area contributed by atoms with Crippen molar-refractivity contribution in [3.63, 3.8) is 0 Å². The van der Waals surface area contributed by atoms with Gasteiger partial charge in [-0.15, -0.1) is 0 Å². The van der Waals surface area contributed by atoms with Crippen LogP contribution in [0.3, 0.4) is 0 Å². The number of esters is 1. The quantitative estimate of drug-likeness (QED) is 0.239. The third-order valence-corrected chi connectivity index (χ3v) is 10.0. The molecular formula is C29H44O5. The SMILES string of the molecule is CC(=O)O[C@H]1CC[C@]2(C)C(=O)C(C3CC[C@H]([C@H](C)CCCC(C)C)[C@@]3(C)CC=O)=C[C@@H]3O[C@@]32C1. The molecule has 4 aliphatic rings. The lowest BCUT2D eigenvalue weighted by atomic mass is 9.55. The molecule has 0 N–H and O–H groups in total. The van der Waals surface area contributed by atoms with E-state index in [0.29, 0.717) is 43.4 Å². The number of hydrogen-bond acceptors (Lipinski definition) is 5. The van der Waals surface area contributed by atoms with E-state index in [1.54, 1.807) is 0 Å². The number of carbonyl (C=O) groups excluding carboxylic acids is 3. The van der Waals surface area contributed by atoms with Gasteiger partial charge < -0.3 is 14.3 Å². The van der Waals surface area contributed by atoms with E-state index >= 15 is 0 Å². The number of ketones is 1. The summed E-state index contributed by atoms with van der Waals surface area (Å²) in [4.78, 5) is 37.5. The Morgan fingerprint density at radius 2 is 1.94 bits per heavy atom. The summed E-state index contributed by atoms with van der Waals surface area (Å²) in [6.07, 6.45) is 11.0. The van der Waals surface area contributed by atoms with E-state index in [9.17, 15) is 14.4 Å². The van der Waals surface area contributed by atoms with E-state index in [0.717, 1.165) is 24.7 Å². The molecule has 34 heavy (non-hydrogen) atoms. The summed E-state index contributed by atoms with van der Waals surface area (Å²) in [5, 5.41) is 0. The monoisotopic (exact) mass is 472 g/mol. The van der Waals surface area contributed by atoms with Gasteiger partial charge in [0.05, 0.1) is 5.41 Å². The number of aldehydes is 1. The molecule has 3 fully saturated rings. The van der Waals surface area contributed by atoms with Gasteiger partial charge in [0.25, 0.3) is 0 Å². The van der Waals surface area contributed by atoms with Crippen molar-refractivity contribution in [3.05, 3.63) is 11.6 Å². The zero-order chi connectivity index (χ0) is 24.9. The van der Waals surface area contributed by atoms with Gasteiger partial charge >= 0.3 is 5.97 Å². The summed E-state index contributed by atoms with van der Waals surface area (Å²) in [6, 6.07) is 0. The Labute approximate surface area is 205 Å². The Kier molecular flexibility index (Phi) is 6.92. The van der Waals surface area contributed by atoms with Crippen LogP contribution in [0.4, 0.5) is 0 Å². The highest BCUT2D eigenvalue weighted by Gasteiger charge is 2.74. The molecule has 0 aromatic carbocycles. The lowest BCUT2D eigenvalue weighted by molar-refractivity contribution is -0.153. The number of ether oxygens (including phenoxy) is 2. The smallest absolute Gasteiger partial charge is 0.302 e. The molecule has 4 rings (SSSR count). The maximum Gasteiger partial charge on any atom is 0.302 e. The van der Waals surface area contributed by atoms with Crippen molar-refractivity contribution in [2.75, 3.05) is 0 Å². The predicted molar refractivity (Wildman–Crippen MR) is 131 cm³/mol. The van der Waals surface area contributed by atoms with Gasteiger partial charge in [-0.05, 0) is 73.3 Å². The molecule has 1 heterocycles. The lowest BCUT2D eigenvalue weighted by Crippen LogP contribution is -2.54. The molecule has 0 amide bonds. The van der Waals surface area contributed by atoms with E-state index in [1.807, 2.05) is 0 Å². The van der Waals surface area contributed by atoms with Crippen molar-refractivity contribution < 1.29 is 23.9 Å². The molecule has 190 valence electrons. The van der Waals surface area contributed by atoms with Crippen LogP contribution in [0.15, 0.2) is 11.6 Å². The maximum absolute atomic E-state index is 14.1. The number of Topliss-reactive ketones (excluding diaryl/α,β-unsaturated/α-hetero) is 1. The molecule has 0 bridgehead atoms. The van der Waals surface area contributed by atoms with Crippen molar-refractivity contribution >= 4 is 18.0 Å². The van der Waals surface area contributed by atoms with Gasteiger partial charge in [-0.1, -0.05) is 47.0 Å². The zero-order valence-corrected chi connectivity index (χ0v) is 22.0. The second-order valence-corrected chi connectivity index (χ2v) is 12.6. The summed E-state index contributed by atoms with van der Waals surface area (Å²) >= 11 is 0. The minimum atomic E-state index is -0.582. The van der Waals surface area contributed by atoms with Crippen molar-refractivity contribution in [2.45, 2.75) is 117 Å². The topological polar surface area (TPSA) is 73.0 Å². The van der Waals surface area contributed by atoms with Crippen LogP contribution in [0.2, 0.25) is 0 Å². The largest absolute Gasteiger partial charge is 0.462 e. The summed E-state index contributed by atoms with van der Waals surface area (Å²) in [5.74, 6) is 1.74. The molecule has 0 aromatic rings. The van der Waals surface area contributed by atoms with E-state index in [2.05, 4.69) is 40.7 Å². The fourth-order valence-corrected chi connectivity index (χ4v) is 8.00. The van der Waals surface area contributed by atoms with E-state index in [4.69, 9.17) is 9.47 Å². The van der Waals surface area contributed by atoms with Crippen LogP contribution in [0.1, 0.15) is 99.3 Å². The first-order valence-electron chi connectivity index (χ1n) is 13.5. The van der Waals surface area contributed by atoms with Gasteiger partial charge in [0, 0.05) is 19.8 Å². The molecular weight excluding hydrogens is 428 g/mol. The molecule has 2 saturated carbocycles. The fourth-order valence-electron chi connectivity index (χ4n) is 8.00. The molecule has 1 spiro atoms. The molecule has 8 atom stereocenters. The third-order valence-electron chi connectivity index (χ3n) is 10.0. The van der Waals surface area contributed by atoms with Gasteiger partial charge in [0.2, 0.25) is 0 Å². The van der Waals surface area contributed by atoms with Gasteiger partial charge in [-0.2, -0.15) is 0 Å². The van der Waals surface area contributed by atoms with Crippen LogP contribution in [0.5, 0.6) is 0 Å². The minimum absolute atomic E-state index is 0.0912.